The number of hydrogen-bond acceptors (Lipinski definition) is 15. The van der Waals surface area contributed by atoms with E-state index in [4.69, 9.17) is 28.4 Å². The van der Waals surface area contributed by atoms with E-state index < -0.39 is 99.3 Å². The smallest absolute Gasteiger partial charge is 0.306 e. The number of esters is 2. The average molecular weight is 937 g/mol. The Morgan fingerprint density at radius 2 is 1.05 bits per heavy atom. The number of allylic oxidation sites excluding steroid dienone is 9. The number of carbonyl (C=O) groups is 2. The molecule has 0 saturated carbocycles. The largest absolute Gasteiger partial charge is 0.462 e. The van der Waals surface area contributed by atoms with E-state index in [0.29, 0.717) is 12.8 Å². The number of hydrogen-bond donors (Lipinski definition) is 7. The molecule has 0 aromatic rings. The topological polar surface area (TPSA) is 231 Å². The molecule has 0 bridgehead atoms. The van der Waals surface area contributed by atoms with Gasteiger partial charge in [0, 0.05) is 12.8 Å². The maximum atomic E-state index is 13.0. The van der Waals surface area contributed by atoms with E-state index in [2.05, 4.69) is 43.9 Å². The van der Waals surface area contributed by atoms with Crippen LogP contribution >= 0.6 is 0 Å². The molecule has 0 amide bonds. The number of unbranched alkanes of at least 4 members (excludes halogenated alkanes) is 15. The second kappa shape index (κ2) is 37.9. The lowest BCUT2D eigenvalue weighted by atomic mass is 9.98. The van der Waals surface area contributed by atoms with Crippen molar-refractivity contribution in [3.63, 3.8) is 0 Å². The van der Waals surface area contributed by atoms with E-state index in [1.54, 1.807) is 0 Å². The van der Waals surface area contributed by atoms with Crippen LogP contribution in [-0.4, -0.2) is 142 Å². The zero-order chi connectivity index (χ0) is 48.2. The molecule has 4 unspecified atom stereocenters. The molecule has 2 heterocycles. The summed E-state index contributed by atoms with van der Waals surface area (Å²) in [6.45, 7) is 2.36. The van der Waals surface area contributed by atoms with Gasteiger partial charge in [0.05, 0.1) is 19.8 Å². The Hall–Kier alpha value is -3.02. The first-order valence-corrected chi connectivity index (χ1v) is 24.7. The van der Waals surface area contributed by atoms with E-state index in [0.717, 1.165) is 77.0 Å². The van der Waals surface area contributed by atoms with Crippen molar-refractivity contribution in [2.75, 3.05) is 26.4 Å². The van der Waals surface area contributed by atoms with Crippen molar-refractivity contribution in [1.29, 1.82) is 0 Å². The summed E-state index contributed by atoms with van der Waals surface area (Å²) in [4.78, 5) is 25.7. The maximum absolute atomic E-state index is 13.0. The fraction of sp³-hybridized carbons (Fsp3) is 0.745. The molecule has 2 rings (SSSR count). The van der Waals surface area contributed by atoms with Crippen molar-refractivity contribution in [3.8, 4) is 0 Å². The molecular formula is C51H84O15. The normalized spacial score (nSPS) is 26.3. The van der Waals surface area contributed by atoms with E-state index >= 15 is 0 Å². The molecule has 2 saturated heterocycles. The number of ether oxygens (including phenoxy) is 6. The van der Waals surface area contributed by atoms with Gasteiger partial charge in [-0.1, -0.05) is 127 Å². The quantitative estimate of drug-likeness (QED) is 0.0159. The van der Waals surface area contributed by atoms with Gasteiger partial charge in [0.15, 0.2) is 18.7 Å². The molecule has 378 valence electrons. The molecule has 0 aromatic carbocycles. The minimum atomic E-state index is -1.78. The van der Waals surface area contributed by atoms with Crippen molar-refractivity contribution in [1.82, 2.24) is 0 Å². The van der Waals surface area contributed by atoms with Gasteiger partial charge in [0.1, 0.15) is 55.4 Å². The number of carbonyl (C=O) groups excluding carboxylic acids is 2. The Kier molecular flexibility index (Phi) is 33.9. The van der Waals surface area contributed by atoms with E-state index in [1.165, 1.54) is 32.1 Å². The number of aliphatic hydroxyl groups excluding tert-OH is 7. The first-order valence-electron chi connectivity index (χ1n) is 24.7. The monoisotopic (exact) mass is 937 g/mol. The third kappa shape index (κ3) is 25.9. The highest BCUT2D eigenvalue weighted by Crippen LogP contribution is 2.26. The zero-order valence-electron chi connectivity index (χ0n) is 39.7. The highest BCUT2D eigenvalue weighted by Gasteiger charge is 2.47. The fourth-order valence-corrected chi connectivity index (χ4v) is 7.26. The molecule has 2 aliphatic heterocycles. The number of rotatable bonds is 36. The van der Waals surface area contributed by atoms with Crippen molar-refractivity contribution in [2.24, 2.45) is 0 Å². The minimum Gasteiger partial charge on any atom is -0.462 e. The first kappa shape index (κ1) is 59.1. The molecule has 0 spiro atoms. The summed E-state index contributed by atoms with van der Waals surface area (Å²) >= 11 is 0. The fourth-order valence-electron chi connectivity index (χ4n) is 7.26. The highest BCUT2D eigenvalue weighted by atomic mass is 16.7. The molecule has 66 heavy (non-hydrogen) atoms. The SMILES string of the molecule is CC/C=C/C=C/C=C/C=C/CCCCCCCC(=O)OC[C@H](CO[C@@H]1O[C@H](CO[C@@H]2O[C@H](CO)[C@H](O)C(O)C2O)[C@H](O)C(O)C1O)OC(=O)CCCCCCCC=C=CCCCCCCC. The lowest BCUT2D eigenvalue weighted by Crippen LogP contribution is -2.61. The van der Waals surface area contributed by atoms with Crippen LogP contribution in [0.1, 0.15) is 149 Å². The van der Waals surface area contributed by atoms with Crippen molar-refractivity contribution in [2.45, 2.75) is 216 Å². The lowest BCUT2D eigenvalue weighted by molar-refractivity contribution is -0.332. The van der Waals surface area contributed by atoms with E-state index in [9.17, 15) is 45.3 Å². The van der Waals surface area contributed by atoms with Crippen LogP contribution in [0.4, 0.5) is 0 Å². The molecule has 2 fully saturated rings. The van der Waals surface area contributed by atoms with Gasteiger partial charge in [-0.05, 0) is 69.9 Å². The summed E-state index contributed by atoms with van der Waals surface area (Å²) in [6, 6.07) is 0. The van der Waals surface area contributed by atoms with Gasteiger partial charge >= 0.3 is 11.9 Å². The summed E-state index contributed by atoms with van der Waals surface area (Å²) in [5.74, 6) is -0.980. The highest BCUT2D eigenvalue weighted by molar-refractivity contribution is 5.70. The predicted molar refractivity (Wildman–Crippen MR) is 251 cm³/mol. The van der Waals surface area contributed by atoms with Crippen LogP contribution in [-0.2, 0) is 38.0 Å². The third-order valence-electron chi connectivity index (χ3n) is 11.3. The Morgan fingerprint density at radius 3 is 1.65 bits per heavy atom. The molecule has 0 radical (unpaired) electrons. The molecule has 7 N–H and O–H groups in total. The predicted octanol–water partition coefficient (Wildman–Crippen LogP) is 6.25. The van der Waals surface area contributed by atoms with Crippen LogP contribution in [0.15, 0.2) is 66.5 Å². The minimum absolute atomic E-state index is 0.136. The van der Waals surface area contributed by atoms with Gasteiger partial charge in [-0.25, -0.2) is 0 Å². The summed E-state index contributed by atoms with van der Waals surface area (Å²) in [5, 5.41) is 72.0. The second-order valence-corrected chi connectivity index (χ2v) is 17.1. The molecule has 0 aromatic heterocycles. The van der Waals surface area contributed by atoms with Gasteiger partial charge in [0.25, 0.3) is 0 Å². The average Bonchev–Trinajstić information content (AvgIpc) is 3.31. The van der Waals surface area contributed by atoms with Crippen LogP contribution in [0, 0.1) is 0 Å². The zero-order valence-corrected chi connectivity index (χ0v) is 39.7. The molecule has 0 aliphatic carbocycles. The Labute approximate surface area is 393 Å². The Bertz CT molecular complexity index is 1440. The molecule has 15 nitrogen and oxygen atoms in total. The first-order chi connectivity index (χ1) is 32.0. The summed E-state index contributed by atoms with van der Waals surface area (Å²) in [5.41, 5.74) is 3.28. The molecule has 11 atom stereocenters. The van der Waals surface area contributed by atoms with Crippen LogP contribution in [0.5, 0.6) is 0 Å². The number of aliphatic hydroxyl groups is 7. The van der Waals surface area contributed by atoms with Crippen molar-refractivity contribution in [3.05, 3.63) is 66.5 Å². The van der Waals surface area contributed by atoms with Crippen molar-refractivity contribution >= 4 is 11.9 Å². The summed E-state index contributed by atoms with van der Waals surface area (Å²) in [6.07, 6.45) is 23.1. The van der Waals surface area contributed by atoms with Gasteiger partial charge in [0.2, 0.25) is 0 Å². The molecule has 2 aliphatic rings. The van der Waals surface area contributed by atoms with Gasteiger partial charge in [-0.2, -0.15) is 0 Å². The third-order valence-corrected chi connectivity index (χ3v) is 11.3. The van der Waals surface area contributed by atoms with E-state index in [-0.39, 0.29) is 19.4 Å². The van der Waals surface area contributed by atoms with E-state index in [1.807, 2.05) is 36.5 Å². The van der Waals surface area contributed by atoms with Gasteiger partial charge < -0.3 is 64.2 Å². The Balaban J connectivity index is 1.85. The van der Waals surface area contributed by atoms with Crippen LogP contribution in [0.2, 0.25) is 0 Å². The standard InChI is InChI=1S/C51H84O15/c1-3-5-7-9-11-13-15-17-19-21-23-25-27-29-31-33-42(53)61-36-39(64-43(54)34-32-30-28-26-24-22-20-18-16-14-12-10-8-6-4-2)37-62-50-49(60)47(58)45(56)41(66-50)38-63-51-48(59)46(57)44(55)40(35-52)65-51/h5,7,9,11,13,15-17,19-20,39-41,44-52,55-60H,3-4,6,8,10,12,14,21-38H2,1-2H3/b7-5+,11-9+,15-13+,19-17+/t18?,39-,40-,41-,44+,45+,46?,47?,48?,49?,50-,51-/m1/s1. The summed E-state index contributed by atoms with van der Waals surface area (Å²) in [7, 11) is 0. The van der Waals surface area contributed by atoms with Crippen LogP contribution < -0.4 is 0 Å². The summed E-state index contributed by atoms with van der Waals surface area (Å²) < 4.78 is 33.5. The van der Waals surface area contributed by atoms with Crippen LogP contribution in [0.25, 0.3) is 0 Å². The lowest BCUT2D eigenvalue weighted by Gasteiger charge is -2.42. The van der Waals surface area contributed by atoms with Gasteiger partial charge in [-0.3, -0.25) is 9.59 Å². The van der Waals surface area contributed by atoms with Gasteiger partial charge in [-0.15, -0.1) is 5.73 Å². The second-order valence-electron chi connectivity index (χ2n) is 17.1. The van der Waals surface area contributed by atoms with Crippen LogP contribution in [0.3, 0.4) is 0 Å². The molecular weight excluding hydrogens is 853 g/mol. The van der Waals surface area contributed by atoms with Crippen molar-refractivity contribution < 1.29 is 73.8 Å². The Morgan fingerprint density at radius 1 is 0.545 bits per heavy atom. The molecule has 15 heteroatoms. The maximum Gasteiger partial charge on any atom is 0.306 e.